The fourth-order valence-corrected chi connectivity index (χ4v) is 6.45. The Bertz CT molecular complexity index is 1850. The van der Waals surface area contributed by atoms with Gasteiger partial charge in [0.1, 0.15) is 0 Å². The normalized spacial score (nSPS) is 18.2. The van der Waals surface area contributed by atoms with E-state index in [4.69, 9.17) is 0 Å². The van der Waals surface area contributed by atoms with Crippen LogP contribution in [0.5, 0.6) is 0 Å². The summed E-state index contributed by atoms with van der Waals surface area (Å²) in [5, 5.41) is 5.10. The van der Waals surface area contributed by atoms with Crippen LogP contribution < -0.4 is 10.6 Å². The molecule has 2 aliphatic rings. The second kappa shape index (κ2) is 13.8. The predicted octanol–water partition coefficient (Wildman–Crippen LogP) is 9.57. The number of ketones is 2. The second-order valence-electron chi connectivity index (χ2n) is 12.7. The number of fused-ring (bicyclic) bond motifs is 2. The quantitative estimate of drug-likeness (QED) is 0.159. The van der Waals surface area contributed by atoms with Crippen LogP contribution >= 0.6 is 0 Å². The molecule has 0 spiro atoms. The first-order valence-electron chi connectivity index (χ1n) is 16.1. The molecule has 6 nitrogen and oxygen atoms in total. The second-order valence-corrected chi connectivity index (χ2v) is 12.7. The van der Waals surface area contributed by atoms with Gasteiger partial charge in [0.15, 0.2) is 11.6 Å². The molecule has 2 N–H and O–H groups in total. The van der Waals surface area contributed by atoms with Crippen LogP contribution in [0.3, 0.4) is 0 Å². The highest BCUT2D eigenvalue weighted by atomic mass is 19.4. The minimum atomic E-state index is -7.10. The maximum atomic E-state index is 14.4. The molecule has 0 radical (unpaired) electrons. The molecule has 2 aliphatic carbocycles. The zero-order valence-corrected chi connectivity index (χ0v) is 26.9. The van der Waals surface area contributed by atoms with E-state index in [1.807, 2.05) is 0 Å². The number of amides is 2. The lowest BCUT2D eigenvalue weighted by atomic mass is 9.79. The Kier molecular flexibility index (Phi) is 10.2. The number of rotatable bonds is 10. The fraction of sp³-hybridized carbons (Fsp3) is 0.389. The van der Waals surface area contributed by atoms with Crippen molar-refractivity contribution in [2.75, 3.05) is 10.6 Å². The third kappa shape index (κ3) is 6.74. The van der Waals surface area contributed by atoms with E-state index >= 15 is 0 Å². The number of hydrogen-bond donors (Lipinski definition) is 2. The van der Waals surface area contributed by atoms with Crippen LogP contribution in [0.2, 0.25) is 0 Å². The van der Waals surface area contributed by atoms with Gasteiger partial charge < -0.3 is 10.6 Å². The van der Waals surface area contributed by atoms with Gasteiger partial charge in [0, 0.05) is 28.2 Å². The highest BCUT2D eigenvalue weighted by molar-refractivity contribution is 6.33. The molecule has 1 saturated carbocycles. The number of benzene rings is 3. The van der Waals surface area contributed by atoms with E-state index < -0.39 is 52.5 Å². The topological polar surface area (TPSA) is 92.3 Å². The number of hydrogen-bond acceptors (Lipinski definition) is 4. The van der Waals surface area contributed by atoms with Crippen molar-refractivity contribution in [1.82, 2.24) is 0 Å². The van der Waals surface area contributed by atoms with Crippen LogP contribution in [0.15, 0.2) is 60.7 Å². The Balaban J connectivity index is 1.42. The van der Waals surface area contributed by atoms with Crippen molar-refractivity contribution in [3.63, 3.8) is 0 Å². The number of unbranched alkanes of at least 4 members (excludes halogenated alkanes) is 1. The summed E-state index contributed by atoms with van der Waals surface area (Å²) in [6, 6.07) is 9.49. The summed E-state index contributed by atoms with van der Waals surface area (Å²) in [4.78, 5) is 54.0. The smallest absolute Gasteiger partial charge is 0.325 e. The first-order valence-corrected chi connectivity index (χ1v) is 16.1. The zero-order valence-electron chi connectivity index (χ0n) is 26.9. The number of alkyl halides is 9. The molecule has 0 bridgehead atoms. The van der Waals surface area contributed by atoms with Crippen LogP contribution in [-0.2, 0) is 10.7 Å². The summed E-state index contributed by atoms with van der Waals surface area (Å²) >= 11 is 0. The van der Waals surface area contributed by atoms with Gasteiger partial charge in [0.2, 0.25) is 5.91 Å². The molecule has 3 aromatic rings. The zero-order chi connectivity index (χ0) is 37.5. The van der Waals surface area contributed by atoms with E-state index in [9.17, 15) is 58.7 Å². The van der Waals surface area contributed by atoms with Gasteiger partial charge in [-0.25, -0.2) is 0 Å². The first-order chi connectivity index (χ1) is 23.8. The Labute approximate surface area is 285 Å². The van der Waals surface area contributed by atoms with E-state index in [-0.39, 0.29) is 57.6 Å². The molecule has 15 heteroatoms. The standard InChI is InChI=1S/C36H31F9N2O4/c1-2-3-6-19-9-11-20(12-10-19)31(50)46-25-17-18-26(28-27(25)29(48)23-7-4-5-8-24(23)30(28)49)47-32(51)21-13-15-22(16-14-21)33(37,38)34(39,40)35(41,42)36(43,44)45/h4-5,7-8,13-20H,2-3,6,9-12H2,1H3,(H,46,50)(H,47,51). The van der Waals surface area contributed by atoms with Gasteiger partial charge in [0.05, 0.1) is 22.5 Å². The lowest BCUT2D eigenvalue weighted by molar-refractivity contribution is -0.399. The SMILES string of the molecule is CCCCC1CCC(C(=O)Nc2ccc(NC(=O)c3ccc(C(F)(F)C(F)(F)C(F)(F)C(F)(F)F)cc3)c3c2C(=O)c2ccccc2C3=O)CC1. The van der Waals surface area contributed by atoms with Gasteiger partial charge in [-0.15, -0.1) is 0 Å². The maximum absolute atomic E-state index is 14.4. The summed E-state index contributed by atoms with van der Waals surface area (Å²) in [6.45, 7) is 2.11. The average molecular weight is 727 g/mol. The molecule has 0 heterocycles. The third-order valence-electron chi connectivity index (χ3n) is 9.42. The summed E-state index contributed by atoms with van der Waals surface area (Å²) in [5.74, 6) is -22.7. The first kappa shape index (κ1) is 37.6. The largest absolute Gasteiger partial charge is 0.460 e. The molecule has 5 rings (SSSR count). The van der Waals surface area contributed by atoms with Crippen molar-refractivity contribution in [3.05, 3.63) is 94.0 Å². The van der Waals surface area contributed by atoms with Crippen LogP contribution in [-0.4, -0.2) is 41.4 Å². The van der Waals surface area contributed by atoms with Crippen molar-refractivity contribution < 1.29 is 58.7 Å². The number of carbonyl (C=O) groups is 4. The molecule has 1 fully saturated rings. The van der Waals surface area contributed by atoms with E-state index in [2.05, 4.69) is 17.6 Å². The Hall–Kier alpha value is -4.69. The minimum absolute atomic E-state index is 0.0112. The van der Waals surface area contributed by atoms with Crippen molar-refractivity contribution >= 4 is 34.8 Å². The predicted molar refractivity (Wildman–Crippen MR) is 168 cm³/mol. The van der Waals surface area contributed by atoms with E-state index in [1.54, 1.807) is 0 Å². The number of halogens is 9. The van der Waals surface area contributed by atoms with Gasteiger partial charge in [-0.3, -0.25) is 19.2 Å². The van der Waals surface area contributed by atoms with Gasteiger partial charge >= 0.3 is 23.9 Å². The summed E-state index contributed by atoms with van der Waals surface area (Å²) in [6.07, 6.45) is -0.734. The van der Waals surface area contributed by atoms with Gasteiger partial charge in [-0.1, -0.05) is 62.6 Å². The summed E-state index contributed by atoms with van der Waals surface area (Å²) in [7, 11) is 0. The van der Waals surface area contributed by atoms with Gasteiger partial charge in [-0.2, -0.15) is 39.5 Å². The number of carbonyl (C=O) groups excluding carboxylic acids is 4. The molecule has 0 aromatic heterocycles. The van der Waals surface area contributed by atoms with Gasteiger partial charge in [0.25, 0.3) is 5.91 Å². The highest BCUT2D eigenvalue weighted by Gasteiger charge is 2.82. The van der Waals surface area contributed by atoms with Crippen LogP contribution in [0.1, 0.15) is 99.6 Å². The lowest BCUT2D eigenvalue weighted by Gasteiger charge is -2.33. The number of nitrogens with one attached hydrogen (secondary N) is 2. The van der Waals surface area contributed by atoms with E-state index in [1.165, 1.54) is 36.4 Å². The van der Waals surface area contributed by atoms with Crippen molar-refractivity contribution in [2.24, 2.45) is 11.8 Å². The van der Waals surface area contributed by atoms with E-state index in [0.717, 1.165) is 32.1 Å². The van der Waals surface area contributed by atoms with Crippen molar-refractivity contribution in [3.8, 4) is 0 Å². The molecule has 0 aliphatic heterocycles. The summed E-state index contributed by atoms with van der Waals surface area (Å²) < 4.78 is 121. The average Bonchev–Trinajstić information content (AvgIpc) is 3.09. The molecule has 51 heavy (non-hydrogen) atoms. The Morgan fingerprint density at radius 2 is 1.20 bits per heavy atom. The highest BCUT2D eigenvalue weighted by Crippen LogP contribution is 2.56. The van der Waals surface area contributed by atoms with Crippen LogP contribution in [0.25, 0.3) is 0 Å². The van der Waals surface area contributed by atoms with Crippen LogP contribution in [0, 0.1) is 11.8 Å². The third-order valence-corrected chi connectivity index (χ3v) is 9.42. The fourth-order valence-electron chi connectivity index (χ4n) is 6.45. The summed E-state index contributed by atoms with van der Waals surface area (Å²) in [5.41, 5.74) is -3.21. The van der Waals surface area contributed by atoms with E-state index in [0.29, 0.717) is 30.9 Å². The molecule has 0 saturated heterocycles. The molecule has 272 valence electrons. The Morgan fingerprint density at radius 3 is 1.69 bits per heavy atom. The molecular formula is C36H31F9N2O4. The van der Waals surface area contributed by atoms with Crippen LogP contribution in [0.4, 0.5) is 50.9 Å². The van der Waals surface area contributed by atoms with Crippen molar-refractivity contribution in [2.45, 2.75) is 75.8 Å². The molecule has 0 atom stereocenters. The lowest BCUT2D eigenvalue weighted by Crippen LogP contribution is -2.59. The number of anilines is 2. The van der Waals surface area contributed by atoms with Gasteiger partial charge in [-0.05, 0) is 55.9 Å². The molecule has 0 unspecified atom stereocenters. The molecule has 2 amide bonds. The maximum Gasteiger partial charge on any atom is 0.460 e. The minimum Gasteiger partial charge on any atom is -0.325 e. The molecular weight excluding hydrogens is 695 g/mol. The van der Waals surface area contributed by atoms with Crippen molar-refractivity contribution in [1.29, 1.82) is 0 Å². The molecule has 3 aromatic carbocycles. The Morgan fingerprint density at radius 1 is 0.686 bits per heavy atom. The monoisotopic (exact) mass is 726 g/mol.